The summed E-state index contributed by atoms with van der Waals surface area (Å²) in [5, 5.41) is 5.06. The molecule has 3 aromatic rings. The number of aromatic nitrogens is 1. The minimum absolute atomic E-state index is 0.245. The number of piperidine rings is 1. The predicted octanol–water partition coefficient (Wildman–Crippen LogP) is 5.48. The highest BCUT2D eigenvalue weighted by atomic mass is 19.1. The Hall–Kier alpha value is -2.89. The number of hydrogen-bond donors (Lipinski definition) is 0. The lowest BCUT2D eigenvalue weighted by Crippen LogP contribution is -2.37. The van der Waals surface area contributed by atoms with E-state index in [1.54, 1.807) is 13.2 Å². The number of rotatable bonds is 8. The summed E-state index contributed by atoms with van der Waals surface area (Å²) in [6.07, 6.45) is 6.43. The highest BCUT2D eigenvalue weighted by Crippen LogP contribution is 2.33. The van der Waals surface area contributed by atoms with Crippen LogP contribution in [0.5, 0.6) is 5.75 Å². The Bertz CT molecular complexity index is 1010. The quantitative estimate of drug-likeness (QED) is 0.449. The molecule has 0 aliphatic carbocycles. The molecule has 0 spiro atoms. The molecule has 5 nitrogen and oxygen atoms in total. The molecule has 2 aromatic carbocycles. The molecule has 0 bridgehead atoms. The van der Waals surface area contributed by atoms with E-state index in [1.165, 1.54) is 17.7 Å². The highest BCUT2D eigenvalue weighted by molar-refractivity contribution is 5.80. The number of benzene rings is 2. The van der Waals surface area contributed by atoms with Gasteiger partial charge in [0.25, 0.3) is 0 Å². The van der Waals surface area contributed by atoms with Crippen molar-refractivity contribution in [2.45, 2.75) is 50.9 Å². The number of carbonyl (C=O) groups is 1. The summed E-state index contributed by atoms with van der Waals surface area (Å²) in [4.78, 5) is 14.6. The Morgan fingerprint density at radius 1 is 1.13 bits per heavy atom. The first-order valence-corrected chi connectivity index (χ1v) is 11.1. The normalized spacial score (nSPS) is 14.8. The molecular formula is C25H29FN2O3. The molecule has 0 atom stereocenters. The van der Waals surface area contributed by atoms with Gasteiger partial charge in [-0.25, -0.2) is 4.39 Å². The van der Waals surface area contributed by atoms with Crippen LogP contribution in [0.2, 0.25) is 0 Å². The summed E-state index contributed by atoms with van der Waals surface area (Å²) >= 11 is 0. The van der Waals surface area contributed by atoms with Crippen LogP contribution in [-0.2, 0) is 11.2 Å². The van der Waals surface area contributed by atoms with Crippen LogP contribution >= 0.6 is 0 Å². The van der Waals surface area contributed by atoms with E-state index in [2.05, 4.69) is 17.3 Å². The Labute approximate surface area is 182 Å². The third-order valence-corrected chi connectivity index (χ3v) is 6.21. The average Bonchev–Trinajstić information content (AvgIpc) is 3.22. The minimum atomic E-state index is -0.320. The summed E-state index contributed by atoms with van der Waals surface area (Å²) in [5.41, 5.74) is 2.68. The number of unbranched alkanes of at least 4 members (excludes halogenated alkanes) is 2. The molecule has 2 heterocycles. The van der Waals surface area contributed by atoms with Crippen LogP contribution in [0.1, 0.15) is 55.7 Å². The average molecular weight is 425 g/mol. The van der Waals surface area contributed by atoms with Crippen molar-refractivity contribution in [1.29, 1.82) is 0 Å². The number of carbonyl (C=O) groups excluding carboxylic acids is 1. The summed E-state index contributed by atoms with van der Waals surface area (Å²) in [6.45, 7) is 1.48. The SMILES string of the molecule is COc1ccc(CCCCCC(=O)N2CCC(c3noc4cc(F)ccc34)CC2)cc1. The molecule has 1 fully saturated rings. The van der Waals surface area contributed by atoms with Crippen molar-refractivity contribution in [2.75, 3.05) is 20.2 Å². The van der Waals surface area contributed by atoms with Crippen molar-refractivity contribution in [3.63, 3.8) is 0 Å². The number of halogens is 1. The second-order valence-corrected chi connectivity index (χ2v) is 8.27. The Balaban J connectivity index is 1.18. The molecule has 0 N–H and O–H groups in total. The largest absolute Gasteiger partial charge is 0.497 e. The van der Waals surface area contributed by atoms with Crippen LogP contribution in [0, 0.1) is 5.82 Å². The molecule has 164 valence electrons. The zero-order valence-corrected chi connectivity index (χ0v) is 18.0. The van der Waals surface area contributed by atoms with Crippen LogP contribution in [0.3, 0.4) is 0 Å². The van der Waals surface area contributed by atoms with Crippen molar-refractivity contribution in [3.05, 3.63) is 59.5 Å². The van der Waals surface area contributed by atoms with Gasteiger partial charge < -0.3 is 14.2 Å². The molecule has 6 heteroatoms. The molecule has 0 unspecified atom stereocenters. The number of methoxy groups -OCH3 is 1. The van der Waals surface area contributed by atoms with Gasteiger partial charge in [-0.3, -0.25) is 4.79 Å². The van der Waals surface area contributed by atoms with Gasteiger partial charge in [0.15, 0.2) is 5.58 Å². The van der Waals surface area contributed by atoms with Gasteiger partial charge in [-0.05, 0) is 61.9 Å². The standard InChI is InChI=1S/C25H29FN2O3/c1-30-21-10-7-18(8-11-21)5-3-2-4-6-24(29)28-15-13-19(14-16-28)25-22-12-9-20(26)17-23(22)31-27-25/h7-12,17,19H,2-6,13-16H2,1H3. The van der Waals surface area contributed by atoms with Gasteiger partial charge in [-0.1, -0.05) is 23.7 Å². The van der Waals surface area contributed by atoms with Gasteiger partial charge in [0.05, 0.1) is 12.8 Å². The molecule has 4 rings (SSSR count). The first-order chi connectivity index (χ1) is 15.1. The lowest BCUT2D eigenvalue weighted by atomic mass is 9.91. The van der Waals surface area contributed by atoms with Gasteiger partial charge in [0.2, 0.25) is 5.91 Å². The van der Waals surface area contributed by atoms with Crippen LogP contribution in [0.4, 0.5) is 4.39 Å². The third kappa shape index (κ3) is 5.24. The number of likely N-dealkylation sites (tertiary alicyclic amines) is 1. The molecule has 0 saturated carbocycles. The summed E-state index contributed by atoms with van der Waals surface area (Å²) in [7, 11) is 1.67. The van der Waals surface area contributed by atoms with Gasteiger partial charge in [0, 0.05) is 36.9 Å². The Morgan fingerprint density at radius 3 is 2.65 bits per heavy atom. The van der Waals surface area contributed by atoms with Crippen molar-refractivity contribution >= 4 is 16.9 Å². The Morgan fingerprint density at radius 2 is 1.90 bits per heavy atom. The summed E-state index contributed by atoms with van der Waals surface area (Å²) in [5.74, 6) is 1.05. The highest BCUT2D eigenvalue weighted by Gasteiger charge is 2.27. The van der Waals surface area contributed by atoms with Crippen molar-refractivity contribution < 1.29 is 18.4 Å². The third-order valence-electron chi connectivity index (χ3n) is 6.21. The monoisotopic (exact) mass is 424 g/mol. The fourth-order valence-corrected chi connectivity index (χ4v) is 4.36. The second kappa shape index (κ2) is 9.94. The zero-order chi connectivity index (χ0) is 21.6. The van der Waals surface area contributed by atoms with E-state index in [9.17, 15) is 9.18 Å². The summed E-state index contributed by atoms with van der Waals surface area (Å²) in [6, 6.07) is 12.7. The smallest absolute Gasteiger partial charge is 0.222 e. The van der Waals surface area contributed by atoms with E-state index in [0.717, 1.165) is 68.4 Å². The predicted molar refractivity (Wildman–Crippen MR) is 118 cm³/mol. The molecule has 1 aromatic heterocycles. The number of hydrogen-bond acceptors (Lipinski definition) is 4. The van der Waals surface area contributed by atoms with Crippen LogP contribution in [0.15, 0.2) is 47.0 Å². The van der Waals surface area contributed by atoms with E-state index < -0.39 is 0 Å². The van der Waals surface area contributed by atoms with Crippen LogP contribution in [0.25, 0.3) is 11.0 Å². The zero-order valence-electron chi connectivity index (χ0n) is 18.0. The maximum absolute atomic E-state index is 13.4. The molecule has 1 aliphatic rings. The maximum atomic E-state index is 13.4. The van der Waals surface area contributed by atoms with Crippen molar-refractivity contribution in [3.8, 4) is 5.75 Å². The van der Waals surface area contributed by atoms with E-state index in [4.69, 9.17) is 9.26 Å². The lowest BCUT2D eigenvalue weighted by molar-refractivity contribution is -0.132. The van der Waals surface area contributed by atoms with E-state index >= 15 is 0 Å². The topological polar surface area (TPSA) is 55.6 Å². The maximum Gasteiger partial charge on any atom is 0.222 e. The van der Waals surface area contributed by atoms with Crippen molar-refractivity contribution in [1.82, 2.24) is 10.1 Å². The molecular weight excluding hydrogens is 395 g/mol. The van der Waals surface area contributed by atoms with E-state index in [1.807, 2.05) is 17.0 Å². The number of amides is 1. The summed E-state index contributed by atoms with van der Waals surface area (Å²) < 4.78 is 23.8. The fraction of sp³-hybridized carbons (Fsp3) is 0.440. The van der Waals surface area contributed by atoms with Gasteiger partial charge >= 0.3 is 0 Å². The van der Waals surface area contributed by atoms with Crippen LogP contribution < -0.4 is 4.74 Å². The van der Waals surface area contributed by atoms with Crippen LogP contribution in [-0.4, -0.2) is 36.2 Å². The van der Waals surface area contributed by atoms with E-state index in [-0.39, 0.29) is 17.6 Å². The second-order valence-electron chi connectivity index (χ2n) is 8.27. The molecule has 1 aliphatic heterocycles. The first kappa shape index (κ1) is 21.3. The minimum Gasteiger partial charge on any atom is -0.497 e. The van der Waals surface area contributed by atoms with Gasteiger partial charge in [-0.2, -0.15) is 0 Å². The molecule has 0 radical (unpaired) electrons. The first-order valence-electron chi connectivity index (χ1n) is 11.1. The van der Waals surface area contributed by atoms with Crippen molar-refractivity contribution in [2.24, 2.45) is 0 Å². The number of ether oxygens (including phenoxy) is 1. The lowest BCUT2D eigenvalue weighted by Gasteiger charge is -2.31. The van der Waals surface area contributed by atoms with Gasteiger partial charge in [0.1, 0.15) is 11.6 Å². The molecule has 1 amide bonds. The molecule has 1 saturated heterocycles. The molecule has 31 heavy (non-hydrogen) atoms. The van der Waals surface area contributed by atoms with E-state index in [0.29, 0.717) is 12.0 Å². The van der Waals surface area contributed by atoms with Gasteiger partial charge in [-0.15, -0.1) is 0 Å². The number of aryl methyl sites for hydroxylation is 1. The number of fused-ring (bicyclic) bond motifs is 1. The fourth-order valence-electron chi connectivity index (χ4n) is 4.36. The number of nitrogens with zero attached hydrogens (tertiary/aromatic N) is 2. The Kier molecular flexibility index (Phi) is 6.85.